The molecule has 0 aromatic rings. The summed E-state index contributed by atoms with van der Waals surface area (Å²) in [6.07, 6.45) is 1.02. The Kier molecular flexibility index (Phi) is 7.86. The number of hydrogen-bond donors (Lipinski definition) is 2. The molecule has 0 aliphatic carbocycles. The minimum atomic E-state index is -4.06. The summed E-state index contributed by atoms with van der Waals surface area (Å²) in [6, 6.07) is 0. The SMILES string of the molecule is C=CC(=O)NCC(C)S(=O)(=O)O.[NaH]. The van der Waals surface area contributed by atoms with E-state index in [1.807, 2.05) is 0 Å². The van der Waals surface area contributed by atoms with Gasteiger partial charge in [0.15, 0.2) is 0 Å². The molecule has 0 saturated carbocycles. The van der Waals surface area contributed by atoms with E-state index < -0.39 is 21.3 Å². The van der Waals surface area contributed by atoms with E-state index in [2.05, 4.69) is 11.9 Å². The van der Waals surface area contributed by atoms with E-state index in [4.69, 9.17) is 4.55 Å². The Bertz CT molecular complexity index is 274. The van der Waals surface area contributed by atoms with E-state index in [0.29, 0.717) is 0 Å². The number of carbonyl (C=O) groups excluding carboxylic acids is 1. The number of hydrogen-bond acceptors (Lipinski definition) is 3. The molecule has 0 heterocycles. The van der Waals surface area contributed by atoms with E-state index >= 15 is 0 Å². The molecular weight excluding hydrogens is 205 g/mol. The summed E-state index contributed by atoms with van der Waals surface area (Å²) >= 11 is 0. The average Bonchev–Trinajstić information content (AvgIpc) is 1.97. The quantitative estimate of drug-likeness (QED) is 0.356. The predicted octanol–water partition coefficient (Wildman–Crippen LogP) is -1.08. The topological polar surface area (TPSA) is 83.5 Å². The molecule has 1 unspecified atom stereocenters. The van der Waals surface area contributed by atoms with Crippen LogP contribution in [-0.2, 0) is 14.9 Å². The van der Waals surface area contributed by atoms with E-state index in [9.17, 15) is 13.2 Å². The molecule has 0 aromatic heterocycles. The van der Waals surface area contributed by atoms with Crippen molar-refractivity contribution in [3.63, 3.8) is 0 Å². The van der Waals surface area contributed by atoms with Gasteiger partial charge >= 0.3 is 29.6 Å². The number of nitrogens with one attached hydrogen (secondary N) is 1. The maximum atomic E-state index is 10.5. The first kappa shape index (κ1) is 15.6. The van der Waals surface area contributed by atoms with Crippen LogP contribution in [0.3, 0.4) is 0 Å². The van der Waals surface area contributed by atoms with E-state index in [0.717, 1.165) is 6.08 Å². The summed E-state index contributed by atoms with van der Waals surface area (Å²) in [5, 5.41) is 1.24. The van der Waals surface area contributed by atoms with Gasteiger partial charge in [-0.15, -0.1) is 0 Å². The van der Waals surface area contributed by atoms with Crippen LogP contribution in [0.25, 0.3) is 0 Å². The first-order valence-corrected chi connectivity index (χ1v) is 4.75. The van der Waals surface area contributed by atoms with Crippen molar-refractivity contribution in [3.05, 3.63) is 12.7 Å². The van der Waals surface area contributed by atoms with Crippen LogP contribution in [0.15, 0.2) is 12.7 Å². The molecule has 7 heteroatoms. The van der Waals surface area contributed by atoms with Crippen molar-refractivity contribution >= 4 is 45.6 Å². The molecule has 0 aliphatic rings. The molecule has 0 fully saturated rings. The van der Waals surface area contributed by atoms with Gasteiger partial charge in [-0.1, -0.05) is 6.58 Å². The standard InChI is InChI=1S/C6H11NO4S.Na.H/c1-3-6(8)7-4-5(2)12(9,10)11;;/h3,5H,1,4H2,2H3,(H,7,8)(H,9,10,11);;. The molecule has 1 atom stereocenters. The molecule has 1 amide bonds. The number of rotatable bonds is 4. The van der Waals surface area contributed by atoms with E-state index in [1.54, 1.807) is 0 Å². The Morgan fingerprint density at radius 2 is 2.15 bits per heavy atom. The predicted molar refractivity (Wildman–Crippen MR) is 51.4 cm³/mol. The second-order valence-corrected chi connectivity index (χ2v) is 4.11. The Labute approximate surface area is 99.6 Å². The Morgan fingerprint density at radius 1 is 1.69 bits per heavy atom. The van der Waals surface area contributed by atoms with Crippen molar-refractivity contribution in [1.29, 1.82) is 0 Å². The second kappa shape index (κ2) is 6.56. The fraction of sp³-hybridized carbons (Fsp3) is 0.500. The molecule has 0 radical (unpaired) electrons. The van der Waals surface area contributed by atoms with Gasteiger partial charge in [-0.05, 0) is 13.0 Å². The van der Waals surface area contributed by atoms with E-state index in [1.165, 1.54) is 6.92 Å². The molecule has 13 heavy (non-hydrogen) atoms. The molecule has 2 N–H and O–H groups in total. The zero-order chi connectivity index (χ0) is 9.78. The third-order valence-corrected chi connectivity index (χ3v) is 2.44. The van der Waals surface area contributed by atoms with Gasteiger partial charge < -0.3 is 5.32 Å². The third-order valence-electron chi connectivity index (χ3n) is 1.26. The molecule has 0 aromatic carbocycles. The van der Waals surface area contributed by atoms with Gasteiger partial charge in [-0.2, -0.15) is 8.42 Å². The molecule has 0 spiro atoms. The number of amides is 1. The van der Waals surface area contributed by atoms with Gasteiger partial charge in [0, 0.05) is 6.54 Å². The summed E-state index contributed by atoms with van der Waals surface area (Å²) in [6.45, 7) is 4.35. The summed E-state index contributed by atoms with van der Waals surface area (Å²) in [4.78, 5) is 10.5. The fourth-order valence-electron chi connectivity index (χ4n) is 0.422. The molecular formula is C6H12NNaO4S. The van der Waals surface area contributed by atoms with Crippen molar-refractivity contribution < 1.29 is 17.8 Å². The molecule has 0 aliphatic heterocycles. The first-order chi connectivity index (χ1) is 5.38. The molecule has 5 nitrogen and oxygen atoms in total. The average molecular weight is 217 g/mol. The normalized spacial score (nSPS) is 12.5. The van der Waals surface area contributed by atoms with Crippen LogP contribution in [0.1, 0.15) is 6.92 Å². The van der Waals surface area contributed by atoms with Gasteiger partial charge in [-0.3, -0.25) is 9.35 Å². The summed E-state index contributed by atoms with van der Waals surface area (Å²) in [5.41, 5.74) is 0. The molecule has 0 rings (SSSR count). The monoisotopic (exact) mass is 217 g/mol. The summed E-state index contributed by atoms with van der Waals surface area (Å²) in [7, 11) is -4.06. The molecule has 0 saturated heterocycles. The van der Waals surface area contributed by atoms with Crippen molar-refractivity contribution in [2.24, 2.45) is 0 Å². The maximum absolute atomic E-state index is 10.5. The summed E-state index contributed by atoms with van der Waals surface area (Å²) in [5.74, 6) is -0.467. The first-order valence-electron chi connectivity index (χ1n) is 3.24. The van der Waals surface area contributed by atoms with E-state index in [-0.39, 0.29) is 36.1 Å². The Hall–Kier alpha value is 0.120. The third kappa shape index (κ3) is 7.21. The van der Waals surface area contributed by atoms with Crippen LogP contribution >= 0.6 is 0 Å². The van der Waals surface area contributed by atoms with Gasteiger partial charge in [-0.25, -0.2) is 0 Å². The second-order valence-electron chi connectivity index (χ2n) is 2.27. The zero-order valence-corrected chi connectivity index (χ0v) is 7.47. The molecule has 72 valence electrons. The van der Waals surface area contributed by atoms with Crippen LogP contribution in [-0.4, -0.2) is 60.2 Å². The van der Waals surface area contributed by atoms with Crippen LogP contribution in [0.5, 0.6) is 0 Å². The van der Waals surface area contributed by atoms with Gasteiger partial charge in [0.25, 0.3) is 10.1 Å². The van der Waals surface area contributed by atoms with Crippen molar-refractivity contribution in [2.75, 3.05) is 6.54 Å². The van der Waals surface area contributed by atoms with Crippen molar-refractivity contribution in [1.82, 2.24) is 5.32 Å². The van der Waals surface area contributed by atoms with Gasteiger partial charge in [0.2, 0.25) is 5.91 Å². The van der Waals surface area contributed by atoms with Crippen LogP contribution in [0, 0.1) is 0 Å². The zero-order valence-electron chi connectivity index (χ0n) is 6.65. The van der Waals surface area contributed by atoms with Crippen molar-refractivity contribution in [3.8, 4) is 0 Å². The van der Waals surface area contributed by atoms with Gasteiger partial charge in [0.05, 0.1) is 0 Å². The minimum absolute atomic E-state index is 0. The van der Waals surface area contributed by atoms with Crippen molar-refractivity contribution in [2.45, 2.75) is 12.2 Å². The Morgan fingerprint density at radius 3 is 2.46 bits per heavy atom. The number of carbonyl (C=O) groups is 1. The van der Waals surface area contributed by atoms with Crippen LogP contribution < -0.4 is 5.32 Å². The molecule has 0 bridgehead atoms. The summed E-state index contributed by atoms with van der Waals surface area (Å²) < 4.78 is 29.3. The van der Waals surface area contributed by atoms with Crippen LogP contribution in [0.2, 0.25) is 0 Å². The Balaban J connectivity index is 0. The fourth-order valence-corrected chi connectivity index (χ4v) is 0.716. The van der Waals surface area contributed by atoms with Crippen LogP contribution in [0.4, 0.5) is 0 Å². The van der Waals surface area contributed by atoms with Gasteiger partial charge in [0.1, 0.15) is 5.25 Å².